The highest BCUT2D eigenvalue weighted by Gasteiger charge is 2.17. The van der Waals surface area contributed by atoms with Gasteiger partial charge < -0.3 is 0 Å². The molecule has 0 atom stereocenters. The predicted molar refractivity (Wildman–Crippen MR) is 46.9 cm³/mol. The minimum Gasteiger partial charge on any atom is -0.271 e. The lowest BCUT2D eigenvalue weighted by atomic mass is 10.3. The van der Waals surface area contributed by atoms with E-state index in [0.29, 0.717) is 13.2 Å². The predicted octanol–water partition coefficient (Wildman–Crippen LogP) is -0.168. The van der Waals surface area contributed by atoms with Crippen molar-refractivity contribution >= 4 is 5.91 Å². The second kappa shape index (κ2) is 4.19. The van der Waals surface area contributed by atoms with Gasteiger partial charge >= 0.3 is 0 Å². The minimum absolute atomic E-state index is 0.0739. The van der Waals surface area contributed by atoms with Crippen molar-refractivity contribution in [2.24, 2.45) is 0 Å². The van der Waals surface area contributed by atoms with Gasteiger partial charge in [-0.2, -0.15) is 0 Å². The SMILES string of the molecule is O=C(Cn1ccnn1)N1CCCCO1. The summed E-state index contributed by atoms with van der Waals surface area (Å²) in [6, 6.07) is 0. The number of hydrogen-bond acceptors (Lipinski definition) is 4. The van der Waals surface area contributed by atoms with Crippen LogP contribution >= 0.6 is 0 Å². The van der Waals surface area contributed by atoms with Crippen LogP contribution in [0.3, 0.4) is 0 Å². The maximum atomic E-state index is 11.6. The molecule has 0 saturated carbocycles. The Morgan fingerprint density at radius 1 is 1.50 bits per heavy atom. The molecular weight excluding hydrogens is 184 g/mol. The average molecular weight is 196 g/mol. The second-order valence-corrected chi connectivity index (χ2v) is 3.14. The summed E-state index contributed by atoms with van der Waals surface area (Å²) in [5.74, 6) is -0.0739. The highest BCUT2D eigenvalue weighted by Crippen LogP contribution is 2.06. The number of carbonyl (C=O) groups is 1. The third kappa shape index (κ3) is 2.08. The van der Waals surface area contributed by atoms with E-state index in [2.05, 4.69) is 10.3 Å². The fourth-order valence-corrected chi connectivity index (χ4v) is 1.33. The number of hydrogen-bond donors (Lipinski definition) is 0. The molecule has 1 aliphatic rings. The van der Waals surface area contributed by atoms with Crippen LogP contribution in [0, 0.1) is 0 Å². The third-order valence-electron chi connectivity index (χ3n) is 2.05. The van der Waals surface area contributed by atoms with E-state index in [1.807, 2.05) is 0 Å². The Balaban J connectivity index is 1.88. The molecule has 1 saturated heterocycles. The van der Waals surface area contributed by atoms with Gasteiger partial charge in [0.25, 0.3) is 5.91 Å². The summed E-state index contributed by atoms with van der Waals surface area (Å²) in [5, 5.41) is 8.74. The summed E-state index contributed by atoms with van der Waals surface area (Å²) in [7, 11) is 0. The molecule has 0 aliphatic carbocycles. The van der Waals surface area contributed by atoms with Crippen LogP contribution in [0.5, 0.6) is 0 Å². The molecule has 1 aliphatic heterocycles. The molecule has 6 nitrogen and oxygen atoms in total. The smallest absolute Gasteiger partial charge is 0.267 e. The largest absolute Gasteiger partial charge is 0.271 e. The van der Waals surface area contributed by atoms with Crippen molar-refractivity contribution in [3.63, 3.8) is 0 Å². The second-order valence-electron chi connectivity index (χ2n) is 3.14. The quantitative estimate of drug-likeness (QED) is 0.659. The number of hydroxylamine groups is 2. The highest BCUT2D eigenvalue weighted by molar-refractivity contribution is 5.74. The van der Waals surface area contributed by atoms with Gasteiger partial charge in [-0.3, -0.25) is 9.63 Å². The monoisotopic (exact) mass is 196 g/mol. The number of nitrogens with zero attached hydrogens (tertiary/aromatic N) is 4. The summed E-state index contributed by atoms with van der Waals surface area (Å²) >= 11 is 0. The van der Waals surface area contributed by atoms with Crippen LogP contribution in [-0.4, -0.2) is 39.1 Å². The van der Waals surface area contributed by atoms with E-state index in [1.54, 1.807) is 12.4 Å². The Morgan fingerprint density at radius 2 is 2.43 bits per heavy atom. The lowest BCUT2D eigenvalue weighted by molar-refractivity contribution is -0.197. The molecule has 6 heteroatoms. The zero-order chi connectivity index (χ0) is 9.80. The zero-order valence-corrected chi connectivity index (χ0v) is 7.80. The van der Waals surface area contributed by atoms with Gasteiger partial charge in [-0.15, -0.1) is 5.10 Å². The summed E-state index contributed by atoms with van der Waals surface area (Å²) in [5.41, 5.74) is 0. The molecule has 1 aromatic rings. The molecule has 1 amide bonds. The first-order chi connectivity index (χ1) is 6.86. The summed E-state index contributed by atoms with van der Waals surface area (Å²) in [6.07, 6.45) is 5.22. The Hall–Kier alpha value is -1.43. The van der Waals surface area contributed by atoms with Crippen LogP contribution in [0.2, 0.25) is 0 Å². The van der Waals surface area contributed by atoms with Crippen molar-refractivity contribution in [2.75, 3.05) is 13.2 Å². The van der Waals surface area contributed by atoms with Crippen molar-refractivity contribution in [2.45, 2.75) is 19.4 Å². The highest BCUT2D eigenvalue weighted by atomic mass is 16.7. The topological polar surface area (TPSA) is 60.2 Å². The molecule has 2 rings (SSSR count). The van der Waals surface area contributed by atoms with Crippen LogP contribution in [0.15, 0.2) is 12.4 Å². The van der Waals surface area contributed by atoms with Gasteiger partial charge in [-0.05, 0) is 12.8 Å². The van der Waals surface area contributed by atoms with Gasteiger partial charge in [-0.1, -0.05) is 5.21 Å². The lowest BCUT2D eigenvalue weighted by Gasteiger charge is -2.25. The summed E-state index contributed by atoms with van der Waals surface area (Å²) in [4.78, 5) is 16.8. The minimum atomic E-state index is -0.0739. The normalized spacial score (nSPS) is 17.0. The molecule has 2 heterocycles. The summed E-state index contributed by atoms with van der Waals surface area (Å²) < 4.78 is 1.49. The molecule has 0 radical (unpaired) electrons. The van der Waals surface area contributed by atoms with Crippen molar-refractivity contribution in [1.29, 1.82) is 0 Å². The van der Waals surface area contributed by atoms with Gasteiger partial charge in [-0.25, -0.2) is 9.75 Å². The lowest BCUT2D eigenvalue weighted by Crippen LogP contribution is -2.37. The van der Waals surface area contributed by atoms with Crippen molar-refractivity contribution in [3.8, 4) is 0 Å². The fourth-order valence-electron chi connectivity index (χ4n) is 1.33. The van der Waals surface area contributed by atoms with Crippen LogP contribution in [0.25, 0.3) is 0 Å². The van der Waals surface area contributed by atoms with E-state index >= 15 is 0 Å². The molecule has 0 spiro atoms. The molecule has 1 fully saturated rings. The Bertz CT molecular complexity index is 292. The molecule has 0 bridgehead atoms. The third-order valence-corrected chi connectivity index (χ3v) is 2.05. The van der Waals surface area contributed by atoms with E-state index in [0.717, 1.165) is 12.8 Å². The van der Waals surface area contributed by atoms with E-state index in [1.165, 1.54) is 9.75 Å². The van der Waals surface area contributed by atoms with Crippen molar-refractivity contribution in [3.05, 3.63) is 12.4 Å². The molecule has 0 unspecified atom stereocenters. The van der Waals surface area contributed by atoms with Gasteiger partial charge in [0.15, 0.2) is 0 Å². The van der Waals surface area contributed by atoms with E-state index in [4.69, 9.17) is 4.84 Å². The Labute approximate surface area is 81.4 Å². The van der Waals surface area contributed by atoms with E-state index in [9.17, 15) is 4.79 Å². The fraction of sp³-hybridized carbons (Fsp3) is 0.625. The maximum Gasteiger partial charge on any atom is 0.267 e. The first kappa shape index (κ1) is 9.14. The zero-order valence-electron chi connectivity index (χ0n) is 7.80. The first-order valence-corrected chi connectivity index (χ1v) is 4.63. The maximum absolute atomic E-state index is 11.6. The Morgan fingerprint density at radius 3 is 3.07 bits per heavy atom. The van der Waals surface area contributed by atoms with Crippen LogP contribution in [0.4, 0.5) is 0 Å². The van der Waals surface area contributed by atoms with Gasteiger partial charge in [0.1, 0.15) is 6.54 Å². The summed E-state index contributed by atoms with van der Waals surface area (Å²) in [6.45, 7) is 1.50. The number of rotatable bonds is 2. The van der Waals surface area contributed by atoms with Gasteiger partial charge in [0.2, 0.25) is 0 Å². The molecule has 14 heavy (non-hydrogen) atoms. The van der Waals surface area contributed by atoms with Crippen LogP contribution in [0.1, 0.15) is 12.8 Å². The molecule has 1 aromatic heterocycles. The van der Waals surface area contributed by atoms with E-state index < -0.39 is 0 Å². The number of carbonyl (C=O) groups excluding carboxylic acids is 1. The van der Waals surface area contributed by atoms with E-state index in [-0.39, 0.29) is 12.5 Å². The van der Waals surface area contributed by atoms with Gasteiger partial charge in [0, 0.05) is 12.7 Å². The molecule has 0 aromatic carbocycles. The standard InChI is InChI=1S/C8H12N4O2/c13-8(7-11-5-3-9-10-11)12-4-1-2-6-14-12/h3,5H,1-2,4,6-7H2. The van der Waals surface area contributed by atoms with Gasteiger partial charge in [0.05, 0.1) is 12.8 Å². The van der Waals surface area contributed by atoms with Crippen molar-refractivity contribution in [1.82, 2.24) is 20.1 Å². The van der Waals surface area contributed by atoms with Crippen LogP contribution < -0.4 is 0 Å². The Kier molecular flexibility index (Phi) is 2.73. The average Bonchev–Trinajstić information content (AvgIpc) is 2.72. The first-order valence-electron chi connectivity index (χ1n) is 4.63. The molecule has 0 N–H and O–H groups in total. The molecular formula is C8H12N4O2. The van der Waals surface area contributed by atoms with Crippen LogP contribution in [-0.2, 0) is 16.2 Å². The number of aromatic nitrogens is 3. The molecule has 76 valence electrons. The number of amides is 1. The van der Waals surface area contributed by atoms with Crippen molar-refractivity contribution < 1.29 is 9.63 Å².